The van der Waals surface area contributed by atoms with E-state index in [1.807, 2.05) is 0 Å². The smallest absolute Gasteiger partial charge is 0.325 e. The number of fused-ring (bicyclic) bond motifs is 1. The van der Waals surface area contributed by atoms with Crippen molar-refractivity contribution in [2.24, 2.45) is 0 Å². The number of rotatable bonds is 3. The summed E-state index contributed by atoms with van der Waals surface area (Å²) in [6.07, 6.45) is 0. The third kappa shape index (κ3) is 2.61. The number of ether oxygens (including phenoxy) is 2. The van der Waals surface area contributed by atoms with Crippen molar-refractivity contribution in [1.82, 2.24) is 10.2 Å². The van der Waals surface area contributed by atoms with Crippen molar-refractivity contribution in [2.45, 2.75) is 19.0 Å². The Labute approximate surface area is 157 Å². The topological polar surface area (TPSA) is 67.9 Å². The van der Waals surface area contributed by atoms with E-state index in [0.717, 1.165) is 4.90 Å². The molecule has 4 rings (SSSR count). The summed E-state index contributed by atoms with van der Waals surface area (Å²) in [6, 6.07) is 8.99. The lowest BCUT2D eigenvalue weighted by molar-refractivity contribution is -0.131. The number of nitrogens with one attached hydrogen (secondary N) is 1. The monoisotopic (exact) mass is 420 g/mol. The van der Waals surface area contributed by atoms with Crippen LogP contribution in [0.5, 0.6) is 11.5 Å². The molecule has 0 aliphatic carbocycles. The SMILES string of the molecule is CC1(c2ccc3c(c2)OCO3)NC(=O)N(Cc2ccc(Br)cc2F)C1=O. The maximum Gasteiger partial charge on any atom is 0.325 e. The number of carbonyl (C=O) groups is 2. The number of benzene rings is 2. The van der Waals surface area contributed by atoms with Gasteiger partial charge in [-0.25, -0.2) is 9.18 Å². The molecule has 8 heteroatoms. The Morgan fingerprint density at radius 1 is 1.19 bits per heavy atom. The molecule has 0 aromatic heterocycles. The number of imide groups is 1. The quantitative estimate of drug-likeness (QED) is 0.773. The first-order chi connectivity index (χ1) is 12.4. The average Bonchev–Trinajstić information content (AvgIpc) is 3.15. The summed E-state index contributed by atoms with van der Waals surface area (Å²) < 4.78 is 25.3. The lowest BCUT2D eigenvalue weighted by Crippen LogP contribution is -2.40. The van der Waals surface area contributed by atoms with E-state index in [2.05, 4.69) is 21.2 Å². The van der Waals surface area contributed by atoms with Crippen LogP contribution < -0.4 is 14.8 Å². The largest absolute Gasteiger partial charge is 0.454 e. The van der Waals surface area contributed by atoms with Crippen LogP contribution in [-0.2, 0) is 16.9 Å². The van der Waals surface area contributed by atoms with E-state index in [9.17, 15) is 14.0 Å². The maximum atomic E-state index is 14.1. The Bertz CT molecular complexity index is 935. The summed E-state index contributed by atoms with van der Waals surface area (Å²) in [6.45, 7) is 1.58. The van der Waals surface area contributed by atoms with Gasteiger partial charge in [-0.2, -0.15) is 0 Å². The van der Waals surface area contributed by atoms with Crippen LogP contribution in [-0.4, -0.2) is 23.6 Å². The molecule has 0 spiro atoms. The summed E-state index contributed by atoms with van der Waals surface area (Å²) in [5, 5.41) is 2.70. The number of amides is 3. The summed E-state index contributed by atoms with van der Waals surface area (Å²) in [4.78, 5) is 26.4. The van der Waals surface area contributed by atoms with E-state index in [1.54, 1.807) is 31.2 Å². The first-order valence-corrected chi connectivity index (χ1v) is 8.66. The first-order valence-electron chi connectivity index (χ1n) is 7.86. The molecule has 0 radical (unpaired) electrons. The van der Waals surface area contributed by atoms with Crippen LogP contribution in [0.3, 0.4) is 0 Å². The number of hydrogen-bond donors (Lipinski definition) is 1. The summed E-state index contributed by atoms with van der Waals surface area (Å²) in [5.74, 6) is 0.159. The van der Waals surface area contributed by atoms with Crippen molar-refractivity contribution < 1.29 is 23.5 Å². The van der Waals surface area contributed by atoms with Crippen molar-refractivity contribution in [3.63, 3.8) is 0 Å². The fraction of sp³-hybridized carbons (Fsp3) is 0.222. The Balaban J connectivity index is 1.64. The van der Waals surface area contributed by atoms with Gasteiger partial charge in [-0.3, -0.25) is 9.69 Å². The normalized spacial score (nSPS) is 21.3. The molecule has 1 saturated heterocycles. The molecule has 0 bridgehead atoms. The van der Waals surface area contributed by atoms with Crippen LogP contribution in [0.15, 0.2) is 40.9 Å². The van der Waals surface area contributed by atoms with E-state index in [-0.39, 0.29) is 18.9 Å². The highest BCUT2D eigenvalue weighted by molar-refractivity contribution is 9.10. The van der Waals surface area contributed by atoms with E-state index >= 15 is 0 Å². The first kappa shape index (κ1) is 16.8. The van der Waals surface area contributed by atoms with Crippen LogP contribution in [0.1, 0.15) is 18.1 Å². The number of hydrogen-bond acceptors (Lipinski definition) is 4. The van der Waals surface area contributed by atoms with E-state index in [4.69, 9.17) is 9.47 Å². The molecule has 2 aromatic carbocycles. The minimum absolute atomic E-state index is 0.116. The zero-order valence-corrected chi connectivity index (χ0v) is 15.3. The van der Waals surface area contributed by atoms with Gasteiger partial charge in [0.15, 0.2) is 11.5 Å². The maximum absolute atomic E-state index is 14.1. The molecule has 2 aliphatic heterocycles. The Hall–Kier alpha value is -2.61. The second kappa shape index (κ2) is 5.98. The van der Waals surface area contributed by atoms with Crippen molar-refractivity contribution in [3.8, 4) is 11.5 Å². The molecule has 1 unspecified atom stereocenters. The van der Waals surface area contributed by atoms with Gasteiger partial charge in [0.1, 0.15) is 11.4 Å². The van der Waals surface area contributed by atoms with Crippen LogP contribution >= 0.6 is 15.9 Å². The van der Waals surface area contributed by atoms with Gasteiger partial charge in [0.2, 0.25) is 6.79 Å². The molecule has 3 amide bonds. The van der Waals surface area contributed by atoms with E-state index in [0.29, 0.717) is 21.5 Å². The van der Waals surface area contributed by atoms with Gasteiger partial charge >= 0.3 is 6.03 Å². The predicted octanol–water partition coefficient (Wildman–Crippen LogP) is 3.28. The van der Waals surface area contributed by atoms with Gasteiger partial charge in [0.05, 0.1) is 6.54 Å². The van der Waals surface area contributed by atoms with Gasteiger partial charge in [-0.1, -0.05) is 28.1 Å². The van der Waals surface area contributed by atoms with Crippen molar-refractivity contribution in [1.29, 1.82) is 0 Å². The van der Waals surface area contributed by atoms with Crippen molar-refractivity contribution >= 4 is 27.9 Å². The van der Waals surface area contributed by atoms with Crippen LogP contribution in [0.25, 0.3) is 0 Å². The second-order valence-electron chi connectivity index (χ2n) is 6.25. The fourth-order valence-electron chi connectivity index (χ4n) is 3.06. The lowest BCUT2D eigenvalue weighted by Gasteiger charge is -2.22. The Morgan fingerprint density at radius 3 is 2.73 bits per heavy atom. The van der Waals surface area contributed by atoms with Gasteiger partial charge < -0.3 is 14.8 Å². The number of nitrogens with zero attached hydrogens (tertiary/aromatic N) is 1. The fourth-order valence-corrected chi connectivity index (χ4v) is 3.40. The zero-order valence-electron chi connectivity index (χ0n) is 13.7. The Kier molecular flexibility index (Phi) is 3.87. The average molecular weight is 421 g/mol. The van der Waals surface area contributed by atoms with Gasteiger partial charge in [-0.15, -0.1) is 0 Å². The van der Waals surface area contributed by atoms with Crippen LogP contribution in [0, 0.1) is 5.82 Å². The third-order valence-corrected chi connectivity index (χ3v) is 5.06. The molecule has 6 nitrogen and oxygen atoms in total. The molecule has 1 atom stereocenters. The molecular formula is C18H14BrFN2O4. The molecule has 2 aliphatic rings. The second-order valence-corrected chi connectivity index (χ2v) is 7.17. The highest BCUT2D eigenvalue weighted by atomic mass is 79.9. The van der Waals surface area contributed by atoms with Gasteiger partial charge in [0.25, 0.3) is 5.91 Å². The third-order valence-electron chi connectivity index (χ3n) is 4.57. The van der Waals surface area contributed by atoms with Crippen molar-refractivity contribution in [3.05, 3.63) is 57.8 Å². The highest BCUT2D eigenvalue weighted by Crippen LogP contribution is 2.38. The predicted molar refractivity (Wildman–Crippen MR) is 93.1 cm³/mol. The Morgan fingerprint density at radius 2 is 1.96 bits per heavy atom. The minimum Gasteiger partial charge on any atom is -0.454 e. The van der Waals surface area contributed by atoms with Crippen LogP contribution in [0.4, 0.5) is 9.18 Å². The molecule has 0 saturated carbocycles. The molecule has 134 valence electrons. The van der Waals surface area contributed by atoms with Crippen LogP contribution in [0.2, 0.25) is 0 Å². The lowest BCUT2D eigenvalue weighted by atomic mass is 9.91. The van der Waals surface area contributed by atoms with Crippen molar-refractivity contribution in [2.75, 3.05) is 6.79 Å². The number of carbonyl (C=O) groups excluding carboxylic acids is 2. The minimum atomic E-state index is -1.26. The van der Waals surface area contributed by atoms with Gasteiger partial charge in [-0.05, 0) is 36.8 Å². The summed E-state index contributed by atoms with van der Waals surface area (Å²) in [5.41, 5.74) is -0.435. The molecule has 26 heavy (non-hydrogen) atoms. The van der Waals surface area contributed by atoms with E-state index in [1.165, 1.54) is 12.1 Å². The molecule has 1 fully saturated rings. The number of halogens is 2. The van der Waals surface area contributed by atoms with E-state index < -0.39 is 23.3 Å². The van der Waals surface area contributed by atoms with Gasteiger partial charge in [0, 0.05) is 10.0 Å². The zero-order chi connectivity index (χ0) is 18.5. The molecule has 2 aromatic rings. The molecule has 1 N–H and O–H groups in total. The molecular weight excluding hydrogens is 407 g/mol. The highest BCUT2D eigenvalue weighted by Gasteiger charge is 2.49. The summed E-state index contributed by atoms with van der Waals surface area (Å²) >= 11 is 3.18. The number of urea groups is 1. The standard InChI is InChI=1S/C18H14BrFN2O4/c1-18(11-3-5-14-15(6-11)26-9-25-14)16(23)22(17(24)21-18)8-10-2-4-12(19)7-13(10)20/h2-7H,8-9H2,1H3,(H,21,24). The summed E-state index contributed by atoms with van der Waals surface area (Å²) in [7, 11) is 0. The molecule has 2 heterocycles.